The molecule has 0 fully saturated rings. The maximum atomic E-state index is 12.6. The third kappa shape index (κ3) is 5.29. The van der Waals surface area contributed by atoms with Gasteiger partial charge in [0.1, 0.15) is 5.75 Å². The summed E-state index contributed by atoms with van der Waals surface area (Å²) in [6.45, 7) is 0. The summed E-state index contributed by atoms with van der Waals surface area (Å²) in [7, 11) is 0. The minimum Gasteiger partial charge on any atom is -0.423 e. The average molecular weight is 448 g/mol. The van der Waals surface area contributed by atoms with E-state index in [0.29, 0.717) is 22.6 Å². The summed E-state index contributed by atoms with van der Waals surface area (Å²) in [5.74, 6) is -0.0711. The smallest absolute Gasteiger partial charge is 0.416 e. The normalized spacial score (nSPS) is 11.6. The summed E-state index contributed by atoms with van der Waals surface area (Å²) < 4.78 is 43.8. The SMILES string of the molecule is O=C(Oc1ccc(Br)cc1)c1ccc(N=Cc2ccc(C(F)(F)F)cc2)cc1. The fourth-order valence-corrected chi connectivity index (χ4v) is 2.52. The summed E-state index contributed by atoms with van der Waals surface area (Å²) in [6.07, 6.45) is -2.91. The van der Waals surface area contributed by atoms with Gasteiger partial charge in [-0.05, 0) is 66.2 Å². The molecule has 0 N–H and O–H groups in total. The van der Waals surface area contributed by atoms with Crippen LogP contribution < -0.4 is 4.74 Å². The van der Waals surface area contributed by atoms with Crippen LogP contribution in [-0.4, -0.2) is 12.2 Å². The number of hydrogen-bond acceptors (Lipinski definition) is 3. The monoisotopic (exact) mass is 447 g/mol. The lowest BCUT2D eigenvalue weighted by atomic mass is 10.1. The predicted molar refractivity (Wildman–Crippen MR) is 104 cm³/mol. The number of aliphatic imine (C=N–C) groups is 1. The first-order valence-corrected chi connectivity index (χ1v) is 8.90. The second-order valence-electron chi connectivity index (χ2n) is 5.77. The molecule has 0 heterocycles. The Morgan fingerprint density at radius 3 is 2.07 bits per heavy atom. The van der Waals surface area contributed by atoms with E-state index in [1.807, 2.05) is 0 Å². The molecule has 0 unspecified atom stereocenters. The molecular formula is C21H13BrF3NO2. The first-order valence-electron chi connectivity index (χ1n) is 8.10. The first kappa shape index (κ1) is 19.8. The zero-order chi connectivity index (χ0) is 20.1. The molecule has 0 aromatic heterocycles. The summed E-state index contributed by atoms with van der Waals surface area (Å²) in [5.41, 5.74) is 0.738. The van der Waals surface area contributed by atoms with Crippen molar-refractivity contribution in [3.8, 4) is 5.75 Å². The van der Waals surface area contributed by atoms with Crippen LogP contribution in [-0.2, 0) is 6.18 Å². The van der Waals surface area contributed by atoms with Crippen LogP contribution >= 0.6 is 15.9 Å². The molecule has 142 valence electrons. The van der Waals surface area contributed by atoms with E-state index in [2.05, 4.69) is 20.9 Å². The van der Waals surface area contributed by atoms with Crippen LogP contribution in [0, 0.1) is 0 Å². The summed E-state index contributed by atoms with van der Waals surface area (Å²) in [6, 6.07) is 18.0. The van der Waals surface area contributed by atoms with Crippen LogP contribution in [0.2, 0.25) is 0 Å². The molecule has 28 heavy (non-hydrogen) atoms. The van der Waals surface area contributed by atoms with Crippen molar-refractivity contribution in [1.29, 1.82) is 0 Å². The molecule has 0 aliphatic heterocycles. The fourth-order valence-electron chi connectivity index (χ4n) is 2.26. The van der Waals surface area contributed by atoms with Crippen LogP contribution in [0.5, 0.6) is 5.75 Å². The van der Waals surface area contributed by atoms with Gasteiger partial charge in [0, 0.05) is 10.7 Å². The third-order valence-electron chi connectivity index (χ3n) is 3.73. The van der Waals surface area contributed by atoms with Gasteiger partial charge in [-0.15, -0.1) is 0 Å². The van der Waals surface area contributed by atoms with Crippen molar-refractivity contribution in [2.45, 2.75) is 6.18 Å². The Morgan fingerprint density at radius 2 is 1.50 bits per heavy atom. The maximum Gasteiger partial charge on any atom is 0.416 e. The van der Waals surface area contributed by atoms with Gasteiger partial charge in [0.25, 0.3) is 0 Å². The molecule has 7 heteroatoms. The summed E-state index contributed by atoms with van der Waals surface area (Å²) >= 11 is 3.30. The van der Waals surface area contributed by atoms with Gasteiger partial charge in [-0.1, -0.05) is 28.1 Å². The highest BCUT2D eigenvalue weighted by Gasteiger charge is 2.29. The van der Waals surface area contributed by atoms with Crippen LogP contribution in [0.25, 0.3) is 0 Å². The molecular weight excluding hydrogens is 435 g/mol. The Bertz CT molecular complexity index is 980. The number of ether oxygens (including phenoxy) is 1. The number of carbonyl (C=O) groups excluding carboxylic acids is 1. The van der Waals surface area contributed by atoms with Crippen molar-refractivity contribution in [2.75, 3.05) is 0 Å². The molecule has 3 nitrogen and oxygen atoms in total. The van der Waals surface area contributed by atoms with E-state index < -0.39 is 17.7 Å². The van der Waals surface area contributed by atoms with Gasteiger partial charge >= 0.3 is 12.1 Å². The molecule has 0 aliphatic rings. The number of carbonyl (C=O) groups is 1. The number of esters is 1. The van der Waals surface area contributed by atoms with E-state index in [9.17, 15) is 18.0 Å². The number of benzene rings is 3. The highest BCUT2D eigenvalue weighted by atomic mass is 79.9. The van der Waals surface area contributed by atoms with Crippen LogP contribution in [0.4, 0.5) is 18.9 Å². The highest BCUT2D eigenvalue weighted by molar-refractivity contribution is 9.10. The predicted octanol–water partition coefficient (Wildman–Crippen LogP) is 6.44. The van der Waals surface area contributed by atoms with Crippen molar-refractivity contribution in [2.24, 2.45) is 4.99 Å². The van der Waals surface area contributed by atoms with E-state index in [1.165, 1.54) is 18.3 Å². The van der Waals surface area contributed by atoms with Gasteiger partial charge in [-0.25, -0.2) is 4.79 Å². The van der Waals surface area contributed by atoms with Crippen molar-refractivity contribution < 1.29 is 22.7 Å². The van der Waals surface area contributed by atoms with Crippen molar-refractivity contribution in [3.63, 3.8) is 0 Å². The number of nitrogens with zero attached hydrogens (tertiary/aromatic N) is 1. The summed E-state index contributed by atoms with van der Waals surface area (Å²) in [5, 5.41) is 0. The zero-order valence-corrected chi connectivity index (χ0v) is 15.9. The number of rotatable bonds is 4. The molecule has 0 spiro atoms. The molecule has 0 radical (unpaired) electrons. The molecule has 0 amide bonds. The molecule has 0 atom stereocenters. The topological polar surface area (TPSA) is 38.7 Å². The standard InChI is InChI=1S/C21H13BrF3NO2/c22-17-7-11-19(12-8-17)28-20(27)15-3-9-18(10-4-15)26-13-14-1-5-16(6-2-14)21(23,24)25/h1-13H. The second kappa shape index (κ2) is 8.39. The quantitative estimate of drug-likeness (QED) is 0.262. The number of halogens is 4. The number of hydrogen-bond donors (Lipinski definition) is 0. The lowest BCUT2D eigenvalue weighted by Crippen LogP contribution is -2.07. The van der Waals surface area contributed by atoms with E-state index in [-0.39, 0.29) is 0 Å². The molecule has 3 rings (SSSR count). The largest absolute Gasteiger partial charge is 0.423 e. The van der Waals surface area contributed by atoms with E-state index in [1.54, 1.807) is 48.5 Å². The Balaban J connectivity index is 1.64. The molecule has 3 aromatic rings. The van der Waals surface area contributed by atoms with E-state index in [4.69, 9.17) is 4.74 Å². The van der Waals surface area contributed by atoms with Crippen LogP contribution in [0.1, 0.15) is 21.5 Å². The molecule has 0 bridgehead atoms. The lowest BCUT2D eigenvalue weighted by molar-refractivity contribution is -0.137. The van der Waals surface area contributed by atoms with E-state index in [0.717, 1.165) is 16.6 Å². The van der Waals surface area contributed by atoms with Gasteiger partial charge < -0.3 is 4.74 Å². The molecule has 0 saturated heterocycles. The highest BCUT2D eigenvalue weighted by Crippen LogP contribution is 2.29. The van der Waals surface area contributed by atoms with Crippen LogP contribution in [0.3, 0.4) is 0 Å². The van der Waals surface area contributed by atoms with E-state index >= 15 is 0 Å². The lowest BCUT2D eigenvalue weighted by Gasteiger charge is -2.06. The van der Waals surface area contributed by atoms with Crippen molar-refractivity contribution in [3.05, 3.63) is 94.0 Å². The third-order valence-corrected chi connectivity index (χ3v) is 4.26. The zero-order valence-electron chi connectivity index (χ0n) is 14.3. The van der Waals surface area contributed by atoms with Crippen molar-refractivity contribution >= 4 is 33.8 Å². The minimum absolute atomic E-state index is 0.358. The Hall–Kier alpha value is -2.93. The molecule has 3 aromatic carbocycles. The number of alkyl halides is 3. The Labute approximate surface area is 167 Å². The molecule has 0 saturated carbocycles. The Morgan fingerprint density at radius 1 is 0.893 bits per heavy atom. The summed E-state index contributed by atoms with van der Waals surface area (Å²) in [4.78, 5) is 16.3. The fraction of sp³-hybridized carbons (Fsp3) is 0.0476. The van der Waals surface area contributed by atoms with Gasteiger partial charge in [0.15, 0.2) is 0 Å². The second-order valence-corrected chi connectivity index (χ2v) is 6.68. The van der Waals surface area contributed by atoms with Gasteiger partial charge in [-0.3, -0.25) is 4.99 Å². The average Bonchev–Trinajstić information content (AvgIpc) is 2.68. The first-order chi connectivity index (χ1) is 13.3. The van der Waals surface area contributed by atoms with Gasteiger partial charge in [-0.2, -0.15) is 13.2 Å². The van der Waals surface area contributed by atoms with Gasteiger partial charge in [0.05, 0.1) is 16.8 Å². The Kier molecular flexibility index (Phi) is 5.94. The van der Waals surface area contributed by atoms with Gasteiger partial charge in [0.2, 0.25) is 0 Å². The molecule has 0 aliphatic carbocycles. The van der Waals surface area contributed by atoms with Crippen LogP contribution in [0.15, 0.2) is 82.3 Å². The minimum atomic E-state index is -4.36. The maximum absolute atomic E-state index is 12.6. The van der Waals surface area contributed by atoms with Crippen molar-refractivity contribution in [1.82, 2.24) is 0 Å².